The minimum absolute atomic E-state index is 0.0645. The fourth-order valence-corrected chi connectivity index (χ4v) is 3.66. The highest BCUT2D eigenvalue weighted by Gasteiger charge is 2.22. The highest BCUT2D eigenvalue weighted by Crippen LogP contribution is 2.29. The van der Waals surface area contributed by atoms with E-state index in [-0.39, 0.29) is 16.4 Å². The molecular weight excluding hydrogens is 356 g/mol. The van der Waals surface area contributed by atoms with Gasteiger partial charge in [-0.2, -0.15) is 0 Å². The molecule has 1 saturated carbocycles. The maximum atomic E-state index is 12.2. The number of nitrogens with one attached hydrogen (secondary N) is 1. The second-order valence-electron chi connectivity index (χ2n) is 5.68. The van der Waals surface area contributed by atoms with E-state index in [0.29, 0.717) is 22.9 Å². The van der Waals surface area contributed by atoms with Gasteiger partial charge in [0, 0.05) is 11.0 Å². The molecule has 0 aromatic heterocycles. The van der Waals surface area contributed by atoms with Gasteiger partial charge in [-0.25, -0.2) is 13.6 Å². The Bertz CT molecular complexity index is 646. The van der Waals surface area contributed by atoms with E-state index in [2.05, 4.69) is 28.2 Å². The van der Waals surface area contributed by atoms with Crippen molar-refractivity contribution in [2.75, 3.05) is 6.54 Å². The number of halogens is 1. The SMILES string of the molecule is CC1CCC(CNC(=O)c2cc(S(N)(=O)=O)ccc2Br)C1. The third-order valence-corrected chi connectivity index (χ3v) is 5.47. The van der Waals surface area contributed by atoms with Gasteiger partial charge in [-0.3, -0.25) is 4.79 Å². The summed E-state index contributed by atoms with van der Waals surface area (Å²) < 4.78 is 23.3. The van der Waals surface area contributed by atoms with Crippen molar-refractivity contribution in [3.63, 3.8) is 0 Å². The molecule has 21 heavy (non-hydrogen) atoms. The lowest BCUT2D eigenvalue weighted by atomic mass is 10.1. The Labute approximate surface area is 133 Å². The molecule has 1 fully saturated rings. The van der Waals surface area contributed by atoms with Gasteiger partial charge in [-0.1, -0.05) is 13.3 Å². The molecule has 1 aliphatic carbocycles. The maximum Gasteiger partial charge on any atom is 0.252 e. The Morgan fingerprint density at radius 1 is 1.43 bits per heavy atom. The normalized spacial score (nSPS) is 22.2. The van der Waals surface area contributed by atoms with Crippen molar-refractivity contribution in [3.8, 4) is 0 Å². The fourth-order valence-electron chi connectivity index (χ4n) is 2.70. The fraction of sp³-hybridized carbons (Fsp3) is 0.500. The summed E-state index contributed by atoms with van der Waals surface area (Å²) in [6.45, 7) is 2.84. The summed E-state index contributed by atoms with van der Waals surface area (Å²) >= 11 is 3.26. The van der Waals surface area contributed by atoms with Gasteiger partial charge in [0.2, 0.25) is 10.0 Å². The molecule has 3 N–H and O–H groups in total. The molecule has 1 aliphatic rings. The molecule has 0 saturated heterocycles. The summed E-state index contributed by atoms with van der Waals surface area (Å²) in [6.07, 6.45) is 3.45. The average molecular weight is 375 g/mol. The summed E-state index contributed by atoms with van der Waals surface area (Å²) in [5.41, 5.74) is 0.285. The van der Waals surface area contributed by atoms with E-state index >= 15 is 0 Å². The van der Waals surface area contributed by atoms with E-state index in [1.807, 2.05) is 0 Å². The van der Waals surface area contributed by atoms with Gasteiger partial charge in [-0.05, 0) is 58.8 Å². The van der Waals surface area contributed by atoms with Crippen LogP contribution in [0.15, 0.2) is 27.6 Å². The zero-order chi connectivity index (χ0) is 15.6. The van der Waals surface area contributed by atoms with Crippen molar-refractivity contribution >= 4 is 31.9 Å². The van der Waals surface area contributed by atoms with Crippen LogP contribution in [-0.4, -0.2) is 20.9 Å². The van der Waals surface area contributed by atoms with Crippen LogP contribution in [0.1, 0.15) is 36.5 Å². The summed E-state index contributed by atoms with van der Waals surface area (Å²) in [4.78, 5) is 12.1. The quantitative estimate of drug-likeness (QED) is 0.846. The Kier molecular flexibility index (Phi) is 5.06. The monoisotopic (exact) mass is 374 g/mol. The maximum absolute atomic E-state index is 12.2. The van der Waals surface area contributed by atoms with Crippen LogP contribution in [0, 0.1) is 11.8 Å². The molecule has 0 heterocycles. The van der Waals surface area contributed by atoms with E-state index in [4.69, 9.17) is 5.14 Å². The van der Waals surface area contributed by atoms with Crippen LogP contribution >= 0.6 is 15.9 Å². The Hall–Kier alpha value is -0.920. The van der Waals surface area contributed by atoms with Gasteiger partial charge >= 0.3 is 0 Å². The van der Waals surface area contributed by atoms with Gasteiger partial charge in [0.1, 0.15) is 0 Å². The molecule has 2 rings (SSSR count). The number of hydrogen-bond donors (Lipinski definition) is 2. The summed E-state index contributed by atoms with van der Waals surface area (Å²) in [5.74, 6) is 0.931. The third kappa shape index (κ3) is 4.28. The van der Waals surface area contributed by atoms with Crippen LogP contribution in [-0.2, 0) is 10.0 Å². The van der Waals surface area contributed by atoms with Gasteiger partial charge < -0.3 is 5.32 Å². The lowest BCUT2D eigenvalue weighted by Crippen LogP contribution is -2.29. The van der Waals surface area contributed by atoms with E-state index in [1.54, 1.807) is 0 Å². The number of hydrogen-bond acceptors (Lipinski definition) is 3. The molecule has 0 radical (unpaired) electrons. The van der Waals surface area contributed by atoms with E-state index in [1.165, 1.54) is 24.6 Å². The van der Waals surface area contributed by atoms with Crippen LogP contribution in [0.3, 0.4) is 0 Å². The van der Waals surface area contributed by atoms with E-state index in [0.717, 1.165) is 12.8 Å². The first-order valence-electron chi connectivity index (χ1n) is 6.88. The molecule has 7 heteroatoms. The minimum Gasteiger partial charge on any atom is -0.352 e. The largest absolute Gasteiger partial charge is 0.352 e. The Balaban J connectivity index is 2.08. The first-order valence-corrected chi connectivity index (χ1v) is 9.22. The molecule has 1 aromatic rings. The molecule has 0 bridgehead atoms. The lowest BCUT2D eigenvalue weighted by Gasteiger charge is -2.12. The van der Waals surface area contributed by atoms with Crippen LogP contribution in [0.25, 0.3) is 0 Å². The topological polar surface area (TPSA) is 89.3 Å². The van der Waals surface area contributed by atoms with Gasteiger partial charge in [-0.15, -0.1) is 0 Å². The predicted molar refractivity (Wildman–Crippen MR) is 84.4 cm³/mol. The van der Waals surface area contributed by atoms with Crippen LogP contribution in [0.4, 0.5) is 0 Å². The van der Waals surface area contributed by atoms with Crippen LogP contribution < -0.4 is 10.5 Å². The van der Waals surface area contributed by atoms with Gasteiger partial charge in [0.05, 0.1) is 10.5 Å². The summed E-state index contributed by atoms with van der Waals surface area (Å²) in [5, 5.41) is 7.97. The molecule has 0 spiro atoms. The lowest BCUT2D eigenvalue weighted by molar-refractivity contribution is 0.0946. The predicted octanol–water partition coefficient (Wildman–Crippen LogP) is 2.26. The highest BCUT2D eigenvalue weighted by molar-refractivity contribution is 9.10. The zero-order valence-corrected chi connectivity index (χ0v) is 14.2. The molecule has 5 nitrogen and oxygen atoms in total. The Morgan fingerprint density at radius 2 is 2.14 bits per heavy atom. The summed E-state index contributed by atoms with van der Waals surface area (Å²) in [6, 6.07) is 4.19. The number of rotatable bonds is 4. The second kappa shape index (κ2) is 6.46. The number of sulfonamides is 1. The average Bonchev–Trinajstić information content (AvgIpc) is 2.81. The number of amides is 1. The highest BCUT2D eigenvalue weighted by atomic mass is 79.9. The van der Waals surface area contributed by atoms with Crippen molar-refractivity contribution in [2.45, 2.75) is 31.1 Å². The molecule has 116 valence electrons. The van der Waals surface area contributed by atoms with E-state index < -0.39 is 10.0 Å². The van der Waals surface area contributed by atoms with Crippen molar-refractivity contribution < 1.29 is 13.2 Å². The number of benzene rings is 1. The van der Waals surface area contributed by atoms with Gasteiger partial charge in [0.25, 0.3) is 5.91 Å². The van der Waals surface area contributed by atoms with Crippen molar-refractivity contribution in [3.05, 3.63) is 28.2 Å². The third-order valence-electron chi connectivity index (χ3n) is 3.87. The minimum atomic E-state index is -3.81. The van der Waals surface area contributed by atoms with Crippen LogP contribution in [0.2, 0.25) is 0 Å². The number of nitrogens with two attached hydrogens (primary N) is 1. The number of carbonyl (C=O) groups excluding carboxylic acids is 1. The number of carbonyl (C=O) groups is 1. The molecular formula is C14H19BrN2O3S. The summed E-state index contributed by atoms with van der Waals surface area (Å²) in [7, 11) is -3.81. The standard InChI is InChI=1S/C14H19BrN2O3S/c1-9-2-3-10(6-9)8-17-14(18)12-7-11(21(16,19)20)4-5-13(12)15/h4-5,7,9-10H,2-3,6,8H2,1H3,(H,17,18)(H2,16,19,20). The molecule has 1 aromatic carbocycles. The zero-order valence-electron chi connectivity index (χ0n) is 11.8. The van der Waals surface area contributed by atoms with E-state index in [9.17, 15) is 13.2 Å². The van der Waals surface area contributed by atoms with Crippen molar-refractivity contribution in [1.29, 1.82) is 0 Å². The molecule has 2 atom stereocenters. The smallest absolute Gasteiger partial charge is 0.252 e. The second-order valence-corrected chi connectivity index (χ2v) is 8.10. The molecule has 2 unspecified atom stereocenters. The van der Waals surface area contributed by atoms with Crippen LogP contribution in [0.5, 0.6) is 0 Å². The molecule has 0 aliphatic heterocycles. The Morgan fingerprint density at radius 3 is 2.71 bits per heavy atom. The van der Waals surface area contributed by atoms with Crippen molar-refractivity contribution in [1.82, 2.24) is 5.32 Å². The van der Waals surface area contributed by atoms with Crippen molar-refractivity contribution in [2.24, 2.45) is 17.0 Å². The first-order chi connectivity index (χ1) is 9.77. The number of primary sulfonamides is 1. The first kappa shape index (κ1) is 16.5. The molecule has 1 amide bonds. The van der Waals surface area contributed by atoms with Gasteiger partial charge in [0.15, 0.2) is 0 Å².